The fourth-order valence-electron chi connectivity index (χ4n) is 3.34. The number of ether oxygens (including phenoxy) is 3. The van der Waals surface area contributed by atoms with Gasteiger partial charge in [-0.05, 0) is 30.2 Å². The van der Waals surface area contributed by atoms with E-state index in [2.05, 4.69) is 12.2 Å². The van der Waals surface area contributed by atoms with Crippen molar-refractivity contribution in [3.05, 3.63) is 52.3 Å². The summed E-state index contributed by atoms with van der Waals surface area (Å²) in [7, 11) is 1.61. The molecule has 32 heavy (non-hydrogen) atoms. The molecule has 3 aromatic rings. The Bertz CT molecular complexity index is 1180. The summed E-state index contributed by atoms with van der Waals surface area (Å²) in [6.45, 7) is 3.15. The van der Waals surface area contributed by atoms with Gasteiger partial charge in [-0.15, -0.1) is 0 Å². The molecule has 4 rings (SSSR count). The highest BCUT2D eigenvalue weighted by molar-refractivity contribution is 7.99. The number of hydrogen-bond acceptors (Lipinski definition) is 7. The third-order valence-corrected chi connectivity index (χ3v) is 6.07. The van der Waals surface area contributed by atoms with Crippen molar-refractivity contribution in [1.82, 2.24) is 14.9 Å². The summed E-state index contributed by atoms with van der Waals surface area (Å²) in [6, 6.07) is 10.9. The Morgan fingerprint density at radius 2 is 1.97 bits per heavy atom. The second kappa shape index (κ2) is 9.95. The standard InChI is InChI=1S/C23H25N3O5S/c1-3-4-9-24-21(27)13-32-23-25-18-11-20-19(30-14-31-20)10-17(18)22(28)26(23)12-15-5-7-16(29-2)8-6-15/h5-8,10-11H,3-4,9,12-14H2,1-2H3,(H,24,27). The number of aromatic nitrogens is 2. The van der Waals surface area contributed by atoms with E-state index in [4.69, 9.17) is 19.2 Å². The fraction of sp³-hybridized carbons (Fsp3) is 0.348. The zero-order chi connectivity index (χ0) is 22.5. The number of benzene rings is 2. The molecule has 0 radical (unpaired) electrons. The van der Waals surface area contributed by atoms with Crippen molar-refractivity contribution in [1.29, 1.82) is 0 Å². The van der Waals surface area contributed by atoms with Crippen molar-refractivity contribution >= 4 is 28.6 Å². The van der Waals surface area contributed by atoms with Gasteiger partial charge in [0.25, 0.3) is 5.56 Å². The highest BCUT2D eigenvalue weighted by Crippen LogP contribution is 2.35. The lowest BCUT2D eigenvalue weighted by Gasteiger charge is -2.14. The highest BCUT2D eigenvalue weighted by Gasteiger charge is 2.20. The van der Waals surface area contributed by atoms with Crippen LogP contribution in [-0.4, -0.2) is 41.7 Å². The number of nitrogens with one attached hydrogen (secondary N) is 1. The third-order valence-electron chi connectivity index (χ3n) is 5.10. The normalized spacial score (nSPS) is 12.2. The molecule has 0 bridgehead atoms. The highest BCUT2D eigenvalue weighted by atomic mass is 32.2. The molecular formula is C23H25N3O5S. The lowest BCUT2D eigenvalue weighted by molar-refractivity contribution is -0.118. The third kappa shape index (κ3) is 4.83. The van der Waals surface area contributed by atoms with E-state index in [9.17, 15) is 9.59 Å². The zero-order valence-corrected chi connectivity index (χ0v) is 18.9. The van der Waals surface area contributed by atoms with E-state index in [1.165, 1.54) is 11.8 Å². The van der Waals surface area contributed by atoms with E-state index in [1.54, 1.807) is 23.8 Å². The van der Waals surface area contributed by atoms with E-state index in [-0.39, 0.29) is 24.0 Å². The number of fused-ring (bicyclic) bond motifs is 2. The van der Waals surface area contributed by atoms with E-state index in [0.717, 1.165) is 24.2 Å². The average Bonchev–Trinajstić information content (AvgIpc) is 3.27. The molecule has 1 amide bonds. The Balaban J connectivity index is 1.68. The molecule has 168 valence electrons. The Kier molecular flexibility index (Phi) is 6.84. The SMILES string of the molecule is CCCCNC(=O)CSc1nc2cc3c(cc2c(=O)n1Cc1ccc(OC)cc1)OCO3. The molecule has 0 fully saturated rings. The molecule has 0 unspecified atom stereocenters. The van der Waals surface area contributed by atoms with Gasteiger partial charge < -0.3 is 19.5 Å². The van der Waals surface area contributed by atoms with Crippen molar-refractivity contribution in [3.8, 4) is 17.2 Å². The van der Waals surface area contributed by atoms with Crippen LogP contribution in [0.5, 0.6) is 17.2 Å². The monoisotopic (exact) mass is 455 g/mol. The van der Waals surface area contributed by atoms with Crippen LogP contribution in [0.4, 0.5) is 0 Å². The first-order chi connectivity index (χ1) is 15.6. The molecule has 0 spiro atoms. The molecule has 1 aromatic heterocycles. The predicted octanol–water partition coefficient (Wildman–Crippen LogP) is 3.19. The second-order valence-electron chi connectivity index (χ2n) is 7.35. The van der Waals surface area contributed by atoms with Crippen LogP contribution in [0.25, 0.3) is 10.9 Å². The minimum Gasteiger partial charge on any atom is -0.497 e. The maximum Gasteiger partial charge on any atom is 0.262 e. The number of carbonyl (C=O) groups is 1. The van der Waals surface area contributed by atoms with Crippen LogP contribution in [0.1, 0.15) is 25.3 Å². The summed E-state index contributed by atoms with van der Waals surface area (Å²) in [4.78, 5) is 30.4. The molecule has 8 nitrogen and oxygen atoms in total. The lowest BCUT2D eigenvalue weighted by atomic mass is 10.2. The number of hydrogen-bond donors (Lipinski definition) is 1. The Morgan fingerprint density at radius 1 is 1.22 bits per heavy atom. The first kappa shape index (κ1) is 22.0. The largest absolute Gasteiger partial charge is 0.497 e. The average molecular weight is 456 g/mol. The fourth-order valence-corrected chi connectivity index (χ4v) is 4.17. The molecule has 2 heterocycles. The van der Waals surface area contributed by atoms with Crippen LogP contribution in [-0.2, 0) is 11.3 Å². The van der Waals surface area contributed by atoms with Gasteiger partial charge in [0.2, 0.25) is 12.7 Å². The lowest BCUT2D eigenvalue weighted by Crippen LogP contribution is -2.28. The number of rotatable bonds is 9. The van der Waals surface area contributed by atoms with E-state index in [1.807, 2.05) is 24.3 Å². The van der Waals surface area contributed by atoms with E-state index < -0.39 is 0 Å². The number of nitrogens with zero attached hydrogens (tertiary/aromatic N) is 2. The van der Waals surface area contributed by atoms with E-state index in [0.29, 0.717) is 40.6 Å². The van der Waals surface area contributed by atoms with Crippen molar-refractivity contribution in [2.45, 2.75) is 31.5 Å². The summed E-state index contributed by atoms with van der Waals surface area (Å²) < 4.78 is 17.7. The van der Waals surface area contributed by atoms with Gasteiger partial charge in [-0.1, -0.05) is 37.2 Å². The van der Waals surface area contributed by atoms with Crippen LogP contribution < -0.4 is 25.1 Å². The quantitative estimate of drug-likeness (QED) is 0.301. The molecule has 0 atom stereocenters. The molecule has 1 N–H and O–H groups in total. The first-order valence-electron chi connectivity index (χ1n) is 10.5. The smallest absolute Gasteiger partial charge is 0.262 e. The molecule has 0 saturated carbocycles. The number of carbonyl (C=O) groups excluding carboxylic acids is 1. The molecule has 1 aliphatic heterocycles. The van der Waals surface area contributed by atoms with Crippen LogP contribution in [0.15, 0.2) is 46.3 Å². The molecule has 0 saturated heterocycles. The topological polar surface area (TPSA) is 91.7 Å². The number of thioether (sulfide) groups is 1. The maximum atomic E-state index is 13.4. The number of unbranched alkanes of at least 4 members (excludes halogenated alkanes) is 1. The maximum absolute atomic E-state index is 13.4. The molecule has 1 aliphatic rings. The van der Waals surface area contributed by atoms with Crippen LogP contribution in [0.3, 0.4) is 0 Å². The Hall–Kier alpha value is -3.20. The zero-order valence-electron chi connectivity index (χ0n) is 18.1. The number of amides is 1. The van der Waals surface area contributed by atoms with Crippen LogP contribution >= 0.6 is 11.8 Å². The van der Waals surface area contributed by atoms with Crippen molar-refractivity contribution < 1.29 is 19.0 Å². The van der Waals surface area contributed by atoms with E-state index >= 15 is 0 Å². The van der Waals surface area contributed by atoms with Crippen LogP contribution in [0.2, 0.25) is 0 Å². The Labute approximate surface area is 189 Å². The van der Waals surface area contributed by atoms with Gasteiger partial charge in [0.15, 0.2) is 16.7 Å². The van der Waals surface area contributed by atoms with Gasteiger partial charge in [0, 0.05) is 12.6 Å². The summed E-state index contributed by atoms with van der Waals surface area (Å²) in [5, 5.41) is 3.81. The summed E-state index contributed by atoms with van der Waals surface area (Å²) >= 11 is 1.25. The molecule has 0 aliphatic carbocycles. The minimum atomic E-state index is -0.196. The van der Waals surface area contributed by atoms with Gasteiger partial charge in [0.05, 0.1) is 30.3 Å². The molecule has 2 aromatic carbocycles. The van der Waals surface area contributed by atoms with Crippen molar-refractivity contribution in [2.75, 3.05) is 26.2 Å². The molecule has 9 heteroatoms. The van der Waals surface area contributed by atoms with Crippen LogP contribution in [0, 0.1) is 0 Å². The van der Waals surface area contributed by atoms with Gasteiger partial charge >= 0.3 is 0 Å². The second-order valence-corrected chi connectivity index (χ2v) is 8.29. The predicted molar refractivity (Wildman–Crippen MR) is 123 cm³/mol. The van der Waals surface area contributed by atoms with Gasteiger partial charge in [-0.3, -0.25) is 14.2 Å². The summed E-state index contributed by atoms with van der Waals surface area (Å²) in [5.41, 5.74) is 1.24. The van der Waals surface area contributed by atoms with Gasteiger partial charge in [-0.25, -0.2) is 4.98 Å². The number of methoxy groups -OCH3 is 1. The summed E-state index contributed by atoms with van der Waals surface area (Å²) in [6.07, 6.45) is 1.94. The van der Waals surface area contributed by atoms with Crippen molar-refractivity contribution in [2.24, 2.45) is 0 Å². The molecular weight excluding hydrogens is 430 g/mol. The van der Waals surface area contributed by atoms with Gasteiger partial charge in [0.1, 0.15) is 5.75 Å². The first-order valence-corrected chi connectivity index (χ1v) is 11.4. The Morgan fingerprint density at radius 3 is 2.69 bits per heavy atom. The summed E-state index contributed by atoms with van der Waals surface area (Å²) in [5.74, 6) is 1.92. The minimum absolute atomic E-state index is 0.0838. The van der Waals surface area contributed by atoms with Gasteiger partial charge in [-0.2, -0.15) is 0 Å². The van der Waals surface area contributed by atoms with Crippen molar-refractivity contribution in [3.63, 3.8) is 0 Å².